The highest BCUT2D eigenvalue weighted by Gasteiger charge is 2.16. The third-order valence-corrected chi connectivity index (χ3v) is 4.10. The second-order valence-corrected chi connectivity index (χ2v) is 6.33. The van der Waals surface area contributed by atoms with Gasteiger partial charge >= 0.3 is 5.97 Å². The van der Waals surface area contributed by atoms with Gasteiger partial charge in [-0.25, -0.2) is 4.79 Å². The van der Waals surface area contributed by atoms with Crippen LogP contribution in [0.25, 0.3) is 6.08 Å². The molecule has 0 radical (unpaired) electrons. The van der Waals surface area contributed by atoms with Crippen LogP contribution < -0.4 is 4.74 Å². The van der Waals surface area contributed by atoms with Crippen molar-refractivity contribution in [1.82, 2.24) is 4.90 Å². The molecule has 0 fully saturated rings. The van der Waals surface area contributed by atoms with Crippen LogP contribution in [0.15, 0.2) is 54.1 Å². The van der Waals surface area contributed by atoms with Gasteiger partial charge in [-0.15, -0.1) is 0 Å². The average Bonchev–Trinajstić information content (AvgIpc) is 2.72. The van der Waals surface area contributed by atoms with E-state index in [1.54, 1.807) is 56.6 Å². The third-order valence-electron chi connectivity index (χ3n) is 3.85. The van der Waals surface area contributed by atoms with E-state index in [-0.39, 0.29) is 11.5 Å². The Bertz CT molecular complexity index is 899. The standard InChI is InChI=1S/C21H19ClN2O4/c1-24(13-16-3-7-18(22)8-4-16)20(25)14-28-21(26)17(12-23)11-15-5-9-19(27-2)10-6-15/h3-11H,13-14H2,1-2H3/b17-11+. The average molecular weight is 399 g/mol. The van der Waals surface area contributed by atoms with E-state index in [1.165, 1.54) is 11.0 Å². The first-order chi connectivity index (χ1) is 13.4. The van der Waals surface area contributed by atoms with E-state index in [1.807, 2.05) is 12.1 Å². The number of nitriles is 1. The minimum absolute atomic E-state index is 0.196. The molecule has 0 unspecified atom stereocenters. The van der Waals surface area contributed by atoms with Gasteiger partial charge in [-0.05, 0) is 41.5 Å². The van der Waals surface area contributed by atoms with Crippen molar-refractivity contribution >= 4 is 29.6 Å². The molecule has 2 rings (SSSR count). The number of carbonyl (C=O) groups excluding carboxylic acids is 2. The number of rotatable bonds is 7. The van der Waals surface area contributed by atoms with E-state index in [0.717, 1.165) is 5.56 Å². The fraction of sp³-hybridized carbons (Fsp3) is 0.190. The van der Waals surface area contributed by atoms with Gasteiger partial charge in [-0.3, -0.25) is 4.79 Å². The van der Waals surface area contributed by atoms with E-state index in [0.29, 0.717) is 22.9 Å². The summed E-state index contributed by atoms with van der Waals surface area (Å²) in [6.07, 6.45) is 1.39. The van der Waals surface area contributed by atoms with Crippen LogP contribution >= 0.6 is 11.6 Å². The van der Waals surface area contributed by atoms with Gasteiger partial charge in [-0.1, -0.05) is 35.9 Å². The fourth-order valence-corrected chi connectivity index (χ4v) is 2.40. The number of amides is 1. The lowest BCUT2D eigenvalue weighted by atomic mass is 10.1. The van der Waals surface area contributed by atoms with Gasteiger partial charge < -0.3 is 14.4 Å². The zero-order valence-corrected chi connectivity index (χ0v) is 16.3. The number of methoxy groups -OCH3 is 1. The van der Waals surface area contributed by atoms with Gasteiger partial charge in [0, 0.05) is 18.6 Å². The molecule has 0 aliphatic rings. The van der Waals surface area contributed by atoms with Gasteiger partial charge in [0.2, 0.25) is 0 Å². The molecule has 0 aliphatic carbocycles. The first-order valence-electron chi connectivity index (χ1n) is 8.34. The molecule has 2 aromatic carbocycles. The lowest BCUT2D eigenvalue weighted by molar-refractivity contribution is -0.148. The summed E-state index contributed by atoms with van der Waals surface area (Å²) >= 11 is 5.84. The van der Waals surface area contributed by atoms with Crippen molar-refractivity contribution in [3.05, 3.63) is 70.3 Å². The van der Waals surface area contributed by atoms with E-state index >= 15 is 0 Å². The van der Waals surface area contributed by atoms with Crippen molar-refractivity contribution in [2.24, 2.45) is 0 Å². The van der Waals surface area contributed by atoms with Gasteiger partial charge in [0.25, 0.3) is 5.91 Å². The number of ether oxygens (including phenoxy) is 2. The summed E-state index contributed by atoms with van der Waals surface area (Å²) in [5.74, 6) is -0.579. The van der Waals surface area contributed by atoms with E-state index < -0.39 is 12.6 Å². The number of likely N-dealkylation sites (N-methyl/N-ethyl adjacent to an activating group) is 1. The lowest BCUT2D eigenvalue weighted by Crippen LogP contribution is -2.31. The molecule has 0 N–H and O–H groups in total. The summed E-state index contributed by atoms with van der Waals surface area (Å²) in [4.78, 5) is 25.7. The van der Waals surface area contributed by atoms with Crippen molar-refractivity contribution in [3.63, 3.8) is 0 Å². The first kappa shape index (κ1) is 21.0. The van der Waals surface area contributed by atoms with E-state index in [9.17, 15) is 14.9 Å². The number of esters is 1. The molecule has 0 saturated heterocycles. The molecule has 2 aromatic rings. The summed E-state index contributed by atoms with van der Waals surface area (Å²) in [5, 5.41) is 9.81. The Morgan fingerprint density at radius 3 is 2.36 bits per heavy atom. The number of halogens is 1. The number of hydrogen-bond donors (Lipinski definition) is 0. The molecule has 0 atom stereocenters. The SMILES string of the molecule is COc1ccc(/C=C(\C#N)C(=O)OCC(=O)N(C)Cc2ccc(Cl)cc2)cc1. The predicted octanol–water partition coefficient (Wildman–Crippen LogP) is 3.46. The Morgan fingerprint density at radius 2 is 1.79 bits per heavy atom. The number of hydrogen-bond acceptors (Lipinski definition) is 5. The van der Waals surface area contributed by atoms with Crippen molar-refractivity contribution < 1.29 is 19.1 Å². The molecule has 0 bridgehead atoms. The molecular weight excluding hydrogens is 380 g/mol. The second-order valence-electron chi connectivity index (χ2n) is 5.90. The van der Waals surface area contributed by atoms with Crippen LogP contribution in [0.4, 0.5) is 0 Å². The summed E-state index contributed by atoms with van der Waals surface area (Å²) in [7, 11) is 3.15. The Labute approximate surface area is 168 Å². The van der Waals surface area contributed by atoms with Crippen molar-refractivity contribution in [2.45, 2.75) is 6.54 Å². The molecule has 0 heterocycles. The maximum Gasteiger partial charge on any atom is 0.349 e. The predicted molar refractivity (Wildman–Crippen MR) is 105 cm³/mol. The largest absolute Gasteiger partial charge is 0.497 e. The van der Waals surface area contributed by atoms with Crippen molar-refractivity contribution in [2.75, 3.05) is 20.8 Å². The number of carbonyl (C=O) groups is 2. The molecule has 144 valence electrons. The summed E-state index contributed by atoms with van der Waals surface area (Å²) in [6, 6.07) is 15.7. The van der Waals surface area contributed by atoms with E-state index in [2.05, 4.69) is 0 Å². The molecule has 0 aliphatic heterocycles. The minimum atomic E-state index is -0.855. The fourth-order valence-electron chi connectivity index (χ4n) is 2.27. The van der Waals surface area contributed by atoms with Gasteiger partial charge in [0.1, 0.15) is 17.4 Å². The minimum Gasteiger partial charge on any atom is -0.497 e. The van der Waals surface area contributed by atoms with Gasteiger partial charge in [0.05, 0.1) is 7.11 Å². The second kappa shape index (κ2) is 10.1. The number of nitrogens with zero attached hydrogens (tertiary/aromatic N) is 2. The molecule has 0 aromatic heterocycles. The monoisotopic (exact) mass is 398 g/mol. The smallest absolute Gasteiger partial charge is 0.349 e. The van der Waals surface area contributed by atoms with Gasteiger partial charge in [0.15, 0.2) is 6.61 Å². The third kappa shape index (κ3) is 6.15. The molecular formula is C21H19ClN2O4. The normalized spacial score (nSPS) is 10.7. The van der Waals surface area contributed by atoms with Crippen molar-refractivity contribution in [1.29, 1.82) is 5.26 Å². The summed E-state index contributed by atoms with van der Waals surface area (Å²) in [6.45, 7) is -0.106. The van der Waals surface area contributed by atoms with Crippen LogP contribution in [0.1, 0.15) is 11.1 Å². The molecule has 1 amide bonds. The van der Waals surface area contributed by atoms with Gasteiger partial charge in [-0.2, -0.15) is 5.26 Å². The Balaban J connectivity index is 1.92. The molecule has 28 heavy (non-hydrogen) atoms. The van der Waals surface area contributed by atoms with Crippen LogP contribution in [0.2, 0.25) is 5.02 Å². The highest BCUT2D eigenvalue weighted by molar-refractivity contribution is 6.30. The molecule has 7 heteroatoms. The van der Waals surface area contributed by atoms with E-state index in [4.69, 9.17) is 21.1 Å². The van der Waals surface area contributed by atoms with Crippen LogP contribution in [0, 0.1) is 11.3 Å². The number of benzene rings is 2. The Morgan fingerprint density at radius 1 is 1.14 bits per heavy atom. The maximum absolute atomic E-state index is 12.2. The zero-order valence-electron chi connectivity index (χ0n) is 15.5. The Kier molecular flexibility index (Phi) is 7.61. The molecule has 6 nitrogen and oxygen atoms in total. The lowest BCUT2D eigenvalue weighted by Gasteiger charge is -2.17. The van der Waals surface area contributed by atoms with Crippen molar-refractivity contribution in [3.8, 4) is 11.8 Å². The Hall–Kier alpha value is -3.30. The molecule has 0 saturated carbocycles. The maximum atomic E-state index is 12.2. The summed E-state index contributed by atoms with van der Waals surface area (Å²) in [5.41, 5.74) is 1.34. The summed E-state index contributed by atoms with van der Waals surface area (Å²) < 4.78 is 10.0. The zero-order chi connectivity index (χ0) is 20.5. The first-order valence-corrected chi connectivity index (χ1v) is 8.72. The van der Waals surface area contributed by atoms with Crippen LogP contribution in [-0.4, -0.2) is 37.5 Å². The quantitative estimate of drug-likeness (QED) is 0.405. The highest BCUT2D eigenvalue weighted by Crippen LogP contribution is 2.15. The van der Waals surface area contributed by atoms with Crippen LogP contribution in [0.5, 0.6) is 5.75 Å². The molecule has 0 spiro atoms. The topological polar surface area (TPSA) is 79.6 Å². The van der Waals surface area contributed by atoms with Crippen LogP contribution in [-0.2, 0) is 20.9 Å². The van der Waals surface area contributed by atoms with Crippen LogP contribution in [0.3, 0.4) is 0 Å². The highest BCUT2D eigenvalue weighted by atomic mass is 35.5.